The molecular weight excluding hydrogens is 258 g/mol. The minimum Gasteiger partial charge on any atom is -0.478 e. The van der Waals surface area contributed by atoms with Crippen LogP contribution in [0, 0.1) is 0 Å². The first-order chi connectivity index (χ1) is 9.80. The molecule has 2 aliphatic rings. The molecule has 0 saturated carbocycles. The third-order valence-electron chi connectivity index (χ3n) is 3.89. The van der Waals surface area contributed by atoms with Gasteiger partial charge in [-0.3, -0.25) is 0 Å². The minimum absolute atomic E-state index is 0.00565. The molecule has 1 unspecified atom stereocenters. The van der Waals surface area contributed by atoms with Crippen molar-refractivity contribution >= 4 is 0 Å². The lowest BCUT2D eigenvalue weighted by Gasteiger charge is -2.32. The standard InChI is InChI=1S/C14H21N3O3/c1-2-18-12-7-13(17-10-16-12)20-11-8-14(19-9-11)3-5-15-6-4-14/h7,10-11,15H,2-6,8-9H2,1H3. The van der Waals surface area contributed by atoms with E-state index in [-0.39, 0.29) is 11.7 Å². The zero-order valence-corrected chi connectivity index (χ0v) is 11.8. The largest absolute Gasteiger partial charge is 0.478 e. The highest BCUT2D eigenvalue weighted by molar-refractivity contribution is 5.18. The molecule has 20 heavy (non-hydrogen) atoms. The summed E-state index contributed by atoms with van der Waals surface area (Å²) < 4.78 is 17.3. The van der Waals surface area contributed by atoms with E-state index in [0.717, 1.165) is 32.4 Å². The summed E-state index contributed by atoms with van der Waals surface area (Å²) in [6.07, 6.45) is 4.58. The van der Waals surface area contributed by atoms with Crippen molar-refractivity contribution in [3.8, 4) is 11.8 Å². The molecular formula is C14H21N3O3. The average Bonchev–Trinajstić information content (AvgIpc) is 2.83. The van der Waals surface area contributed by atoms with E-state index < -0.39 is 0 Å². The van der Waals surface area contributed by atoms with Crippen LogP contribution in [0.3, 0.4) is 0 Å². The zero-order valence-electron chi connectivity index (χ0n) is 11.8. The van der Waals surface area contributed by atoms with Crippen molar-refractivity contribution in [2.45, 2.75) is 37.9 Å². The van der Waals surface area contributed by atoms with Gasteiger partial charge in [-0.2, -0.15) is 0 Å². The van der Waals surface area contributed by atoms with Gasteiger partial charge in [-0.05, 0) is 32.9 Å². The lowest BCUT2D eigenvalue weighted by molar-refractivity contribution is -0.0206. The highest BCUT2D eigenvalue weighted by Gasteiger charge is 2.42. The lowest BCUT2D eigenvalue weighted by Crippen LogP contribution is -2.41. The molecule has 1 aromatic rings. The molecule has 6 heteroatoms. The Kier molecular flexibility index (Phi) is 4.03. The summed E-state index contributed by atoms with van der Waals surface area (Å²) in [6.45, 7) is 5.19. The Balaban J connectivity index is 1.60. The van der Waals surface area contributed by atoms with Crippen LogP contribution in [0.5, 0.6) is 11.8 Å². The van der Waals surface area contributed by atoms with Crippen molar-refractivity contribution in [3.05, 3.63) is 12.4 Å². The summed E-state index contributed by atoms with van der Waals surface area (Å²) in [7, 11) is 0. The molecule has 3 heterocycles. The summed E-state index contributed by atoms with van der Waals surface area (Å²) in [5, 5.41) is 3.36. The monoisotopic (exact) mass is 279 g/mol. The first-order valence-electron chi connectivity index (χ1n) is 7.26. The van der Waals surface area contributed by atoms with Crippen LogP contribution in [0.25, 0.3) is 0 Å². The van der Waals surface area contributed by atoms with E-state index in [2.05, 4.69) is 15.3 Å². The Labute approximate surface area is 118 Å². The van der Waals surface area contributed by atoms with Gasteiger partial charge in [0.2, 0.25) is 11.8 Å². The van der Waals surface area contributed by atoms with Crippen molar-refractivity contribution in [1.29, 1.82) is 0 Å². The zero-order chi connectivity index (χ0) is 13.8. The summed E-state index contributed by atoms with van der Waals surface area (Å²) in [5.74, 6) is 1.11. The number of hydrogen-bond donors (Lipinski definition) is 1. The van der Waals surface area contributed by atoms with Gasteiger partial charge in [0, 0.05) is 6.42 Å². The second kappa shape index (κ2) is 5.93. The van der Waals surface area contributed by atoms with Crippen molar-refractivity contribution < 1.29 is 14.2 Å². The Bertz CT molecular complexity index is 449. The highest BCUT2D eigenvalue weighted by atomic mass is 16.6. The van der Waals surface area contributed by atoms with Gasteiger partial charge in [-0.1, -0.05) is 0 Å². The number of rotatable bonds is 4. The third-order valence-corrected chi connectivity index (χ3v) is 3.89. The number of nitrogens with zero attached hydrogens (tertiary/aromatic N) is 2. The van der Waals surface area contributed by atoms with Crippen LogP contribution in [0.1, 0.15) is 26.2 Å². The number of ether oxygens (including phenoxy) is 3. The van der Waals surface area contributed by atoms with E-state index in [1.165, 1.54) is 6.33 Å². The van der Waals surface area contributed by atoms with E-state index in [1.807, 2.05) is 6.92 Å². The molecule has 1 N–H and O–H groups in total. The Morgan fingerprint density at radius 2 is 2.15 bits per heavy atom. The quantitative estimate of drug-likeness (QED) is 0.892. The molecule has 2 aliphatic heterocycles. The van der Waals surface area contributed by atoms with E-state index >= 15 is 0 Å². The van der Waals surface area contributed by atoms with Crippen LogP contribution < -0.4 is 14.8 Å². The molecule has 0 aliphatic carbocycles. The van der Waals surface area contributed by atoms with Crippen LogP contribution in [0.2, 0.25) is 0 Å². The maximum Gasteiger partial charge on any atom is 0.220 e. The normalized spacial score (nSPS) is 24.8. The fourth-order valence-corrected chi connectivity index (χ4v) is 2.89. The summed E-state index contributed by atoms with van der Waals surface area (Å²) in [4.78, 5) is 8.17. The van der Waals surface area contributed by atoms with Crippen LogP contribution in [0.4, 0.5) is 0 Å². The van der Waals surface area contributed by atoms with Crippen LogP contribution in [-0.4, -0.2) is 48.0 Å². The summed E-state index contributed by atoms with van der Waals surface area (Å²) >= 11 is 0. The number of hydrogen-bond acceptors (Lipinski definition) is 6. The van der Waals surface area contributed by atoms with Crippen LogP contribution >= 0.6 is 0 Å². The molecule has 6 nitrogen and oxygen atoms in total. The minimum atomic E-state index is 0.00565. The summed E-state index contributed by atoms with van der Waals surface area (Å²) in [6, 6.07) is 1.73. The lowest BCUT2D eigenvalue weighted by atomic mass is 9.89. The average molecular weight is 279 g/mol. The second-order valence-corrected chi connectivity index (χ2v) is 5.32. The molecule has 110 valence electrons. The molecule has 0 bridgehead atoms. The summed E-state index contributed by atoms with van der Waals surface area (Å²) in [5.41, 5.74) is 0.00565. The van der Waals surface area contributed by atoms with Crippen molar-refractivity contribution in [2.24, 2.45) is 0 Å². The van der Waals surface area contributed by atoms with Gasteiger partial charge < -0.3 is 19.5 Å². The van der Waals surface area contributed by atoms with Crippen molar-refractivity contribution in [3.63, 3.8) is 0 Å². The van der Waals surface area contributed by atoms with E-state index in [0.29, 0.717) is 25.0 Å². The van der Waals surface area contributed by atoms with Gasteiger partial charge in [0.25, 0.3) is 0 Å². The number of piperidine rings is 1. The Hall–Kier alpha value is -1.40. The van der Waals surface area contributed by atoms with Gasteiger partial charge in [-0.15, -0.1) is 0 Å². The molecule has 3 rings (SSSR count). The Morgan fingerprint density at radius 1 is 1.35 bits per heavy atom. The fraction of sp³-hybridized carbons (Fsp3) is 0.714. The van der Waals surface area contributed by atoms with E-state index in [4.69, 9.17) is 14.2 Å². The predicted octanol–water partition coefficient (Wildman–Crippen LogP) is 1.17. The number of nitrogens with one attached hydrogen (secondary N) is 1. The smallest absolute Gasteiger partial charge is 0.220 e. The first kappa shape index (κ1) is 13.6. The van der Waals surface area contributed by atoms with Gasteiger partial charge in [0.05, 0.1) is 24.9 Å². The van der Waals surface area contributed by atoms with Gasteiger partial charge in [0.15, 0.2) is 0 Å². The molecule has 0 amide bonds. The maximum absolute atomic E-state index is 6.00. The van der Waals surface area contributed by atoms with Crippen molar-refractivity contribution in [1.82, 2.24) is 15.3 Å². The van der Waals surface area contributed by atoms with Gasteiger partial charge in [-0.25, -0.2) is 9.97 Å². The SMILES string of the molecule is CCOc1cc(OC2COC3(CCNCC3)C2)ncn1. The topological polar surface area (TPSA) is 65.5 Å². The third kappa shape index (κ3) is 3.02. The first-order valence-corrected chi connectivity index (χ1v) is 7.26. The molecule has 2 fully saturated rings. The number of aromatic nitrogens is 2. The van der Waals surface area contributed by atoms with Crippen LogP contribution in [0.15, 0.2) is 12.4 Å². The molecule has 1 aromatic heterocycles. The predicted molar refractivity (Wildman–Crippen MR) is 73.0 cm³/mol. The molecule has 1 spiro atoms. The van der Waals surface area contributed by atoms with Crippen LogP contribution in [-0.2, 0) is 4.74 Å². The second-order valence-electron chi connectivity index (χ2n) is 5.32. The maximum atomic E-state index is 6.00. The van der Waals surface area contributed by atoms with E-state index in [1.54, 1.807) is 6.07 Å². The van der Waals surface area contributed by atoms with Crippen molar-refractivity contribution in [2.75, 3.05) is 26.3 Å². The van der Waals surface area contributed by atoms with Gasteiger partial charge in [0.1, 0.15) is 12.4 Å². The Morgan fingerprint density at radius 3 is 2.95 bits per heavy atom. The molecule has 0 aromatic carbocycles. The van der Waals surface area contributed by atoms with E-state index in [9.17, 15) is 0 Å². The highest BCUT2D eigenvalue weighted by Crippen LogP contribution is 2.35. The van der Waals surface area contributed by atoms with Gasteiger partial charge >= 0.3 is 0 Å². The molecule has 0 radical (unpaired) electrons. The molecule has 2 saturated heterocycles. The molecule has 1 atom stereocenters. The fourth-order valence-electron chi connectivity index (χ4n) is 2.89.